The third-order valence-electron chi connectivity index (χ3n) is 1.27. The van der Waals surface area contributed by atoms with E-state index in [4.69, 9.17) is 16.5 Å². The Bertz CT molecular complexity index is 138. The molecule has 0 radical (unpaired) electrons. The van der Waals surface area contributed by atoms with Crippen molar-refractivity contribution in [3.63, 3.8) is 0 Å². The van der Waals surface area contributed by atoms with Crippen molar-refractivity contribution in [3.05, 3.63) is 0 Å². The van der Waals surface area contributed by atoms with Crippen LogP contribution in [0.1, 0.15) is 6.92 Å². The van der Waals surface area contributed by atoms with E-state index in [-0.39, 0.29) is 0 Å². The third-order valence-corrected chi connectivity index (χ3v) is 8.09. The minimum Gasteiger partial charge on any atom is -0.367 e. The molecular formula is C6H13OPS3. The van der Waals surface area contributed by atoms with E-state index in [0.29, 0.717) is 5.85 Å². The van der Waals surface area contributed by atoms with Crippen molar-refractivity contribution in [2.75, 3.05) is 23.9 Å². The highest BCUT2D eigenvalue weighted by atomic mass is 32.9. The Morgan fingerprint density at radius 3 is 2.91 bits per heavy atom. The van der Waals surface area contributed by atoms with Crippen LogP contribution in [-0.4, -0.2) is 29.7 Å². The van der Waals surface area contributed by atoms with Crippen LogP contribution >= 0.6 is 29.0 Å². The van der Waals surface area contributed by atoms with Gasteiger partial charge in [0.1, 0.15) is 5.85 Å². The molecule has 2 atom stereocenters. The van der Waals surface area contributed by atoms with Gasteiger partial charge in [0.25, 0.3) is 0 Å². The average molecular weight is 228 g/mol. The lowest BCUT2D eigenvalue weighted by atomic mass is 10.9. The van der Waals surface area contributed by atoms with Gasteiger partial charge in [-0.1, -0.05) is 18.7 Å². The first-order valence-corrected chi connectivity index (χ1v) is 9.28. The van der Waals surface area contributed by atoms with Gasteiger partial charge in [0, 0.05) is 17.4 Å². The van der Waals surface area contributed by atoms with E-state index in [0.717, 1.165) is 6.61 Å². The van der Waals surface area contributed by atoms with Crippen molar-refractivity contribution in [3.8, 4) is 0 Å². The Labute approximate surface area is 82.2 Å². The van der Waals surface area contributed by atoms with Gasteiger partial charge < -0.3 is 4.74 Å². The number of hydrogen-bond donors (Lipinski definition) is 0. The summed E-state index contributed by atoms with van der Waals surface area (Å²) < 4.78 is 5.14. The maximum Gasteiger partial charge on any atom is 0.115 e. The van der Waals surface area contributed by atoms with Gasteiger partial charge in [0.2, 0.25) is 0 Å². The van der Waals surface area contributed by atoms with Gasteiger partial charge in [-0.2, -0.15) is 11.8 Å². The average Bonchev–Trinajstić information content (AvgIpc) is 2.79. The highest BCUT2D eigenvalue weighted by Crippen LogP contribution is 2.48. The topological polar surface area (TPSA) is 12.5 Å². The third kappa shape index (κ3) is 4.79. The lowest BCUT2D eigenvalue weighted by Crippen LogP contribution is -1.82. The number of epoxide rings is 1. The molecule has 1 aliphatic heterocycles. The van der Waals surface area contributed by atoms with Gasteiger partial charge in [-0.05, 0) is 5.75 Å². The molecule has 0 N–H and O–H groups in total. The van der Waals surface area contributed by atoms with Gasteiger partial charge in [0.05, 0.1) is 6.61 Å². The van der Waals surface area contributed by atoms with Crippen molar-refractivity contribution < 1.29 is 4.74 Å². The summed E-state index contributed by atoms with van der Waals surface area (Å²) in [6.07, 6.45) is 0. The van der Waals surface area contributed by atoms with E-state index >= 15 is 0 Å². The Morgan fingerprint density at radius 1 is 1.64 bits per heavy atom. The number of thioether (sulfide) groups is 1. The second kappa shape index (κ2) is 5.87. The van der Waals surface area contributed by atoms with E-state index in [9.17, 15) is 0 Å². The fourth-order valence-electron chi connectivity index (χ4n) is 0.623. The largest absolute Gasteiger partial charge is 0.367 e. The van der Waals surface area contributed by atoms with Gasteiger partial charge in [-0.3, -0.25) is 0 Å². The van der Waals surface area contributed by atoms with Gasteiger partial charge in [0.15, 0.2) is 0 Å². The predicted octanol–water partition coefficient (Wildman–Crippen LogP) is 2.42. The Morgan fingerprint density at radius 2 is 2.36 bits per heavy atom. The summed E-state index contributed by atoms with van der Waals surface area (Å²) in [5.41, 5.74) is 0. The Hall–Kier alpha value is 1.31. The first-order chi connectivity index (χ1) is 5.34. The molecule has 2 unspecified atom stereocenters. The van der Waals surface area contributed by atoms with Crippen LogP contribution in [0.2, 0.25) is 0 Å². The smallest absolute Gasteiger partial charge is 0.115 e. The number of rotatable bonds is 6. The summed E-state index contributed by atoms with van der Waals surface area (Å²) >= 11 is 9.25. The molecule has 0 amide bonds. The molecule has 1 rings (SSSR count). The standard InChI is InChI=1S/C6H13OPS3/c1-2-10-3-4-11-8(9)6-5-7-6/h6,8H,2-5H2,1H3. The second-order valence-corrected chi connectivity index (χ2v) is 9.84. The molecule has 0 aromatic rings. The van der Waals surface area contributed by atoms with Crippen LogP contribution < -0.4 is 0 Å². The highest BCUT2D eigenvalue weighted by molar-refractivity contribution is 8.64. The van der Waals surface area contributed by atoms with Crippen molar-refractivity contribution in [2.24, 2.45) is 0 Å². The molecule has 0 bridgehead atoms. The summed E-state index contributed by atoms with van der Waals surface area (Å²) in [6.45, 7) is 3.13. The maximum atomic E-state index is 5.30. The Kier molecular flexibility index (Phi) is 5.55. The SMILES string of the molecule is CCSCCS[PH](=S)C1CO1. The molecule has 0 saturated carbocycles. The first kappa shape index (κ1) is 10.4. The molecule has 0 aliphatic carbocycles. The highest BCUT2D eigenvalue weighted by Gasteiger charge is 2.26. The summed E-state index contributed by atoms with van der Waals surface area (Å²) in [5.74, 6) is 3.57. The van der Waals surface area contributed by atoms with Crippen LogP contribution in [-0.2, 0) is 16.5 Å². The van der Waals surface area contributed by atoms with Crippen LogP contribution in [0.4, 0.5) is 0 Å². The summed E-state index contributed by atoms with van der Waals surface area (Å²) in [7, 11) is 0. The fourth-order valence-corrected chi connectivity index (χ4v) is 5.95. The molecule has 0 aromatic carbocycles. The molecule has 1 aliphatic rings. The normalized spacial score (nSPS) is 25.0. The summed E-state index contributed by atoms with van der Waals surface area (Å²) in [6, 6.07) is 0. The Balaban J connectivity index is 1.89. The molecule has 11 heavy (non-hydrogen) atoms. The van der Waals surface area contributed by atoms with E-state index < -0.39 is 5.90 Å². The van der Waals surface area contributed by atoms with Crippen molar-refractivity contribution >= 4 is 40.8 Å². The molecule has 66 valence electrons. The maximum absolute atomic E-state index is 5.30. The minimum absolute atomic E-state index is 0.492. The lowest BCUT2D eigenvalue weighted by molar-refractivity contribution is 0.459. The van der Waals surface area contributed by atoms with Crippen LogP contribution in [0.25, 0.3) is 0 Å². The van der Waals surface area contributed by atoms with Crippen molar-refractivity contribution in [1.29, 1.82) is 0 Å². The summed E-state index contributed by atoms with van der Waals surface area (Å²) in [4.78, 5) is 0. The molecule has 1 fully saturated rings. The first-order valence-electron chi connectivity index (χ1n) is 3.70. The fraction of sp³-hybridized carbons (Fsp3) is 1.00. The van der Waals surface area contributed by atoms with Crippen LogP contribution in [0.5, 0.6) is 0 Å². The van der Waals surface area contributed by atoms with Crippen LogP contribution in [0.3, 0.4) is 0 Å². The molecular weight excluding hydrogens is 215 g/mol. The lowest BCUT2D eigenvalue weighted by Gasteiger charge is -1.99. The van der Waals surface area contributed by atoms with E-state index in [2.05, 4.69) is 6.92 Å². The van der Waals surface area contributed by atoms with Gasteiger partial charge in [-0.15, -0.1) is 11.4 Å². The number of hydrogen-bond acceptors (Lipinski definition) is 4. The molecule has 1 heterocycles. The monoisotopic (exact) mass is 228 g/mol. The van der Waals surface area contributed by atoms with Crippen LogP contribution in [0, 0.1) is 0 Å². The molecule has 0 spiro atoms. The molecule has 1 saturated heterocycles. The number of ether oxygens (including phenoxy) is 1. The molecule has 1 nitrogen and oxygen atoms in total. The van der Waals surface area contributed by atoms with E-state index in [1.165, 1.54) is 17.3 Å². The quantitative estimate of drug-likeness (QED) is 0.393. The zero-order valence-corrected chi connectivity index (χ0v) is 9.99. The molecule has 5 heteroatoms. The second-order valence-electron chi connectivity index (χ2n) is 2.19. The zero-order valence-electron chi connectivity index (χ0n) is 6.54. The zero-order chi connectivity index (χ0) is 8.10. The van der Waals surface area contributed by atoms with E-state index in [1.807, 2.05) is 23.1 Å². The van der Waals surface area contributed by atoms with Crippen molar-refractivity contribution in [1.82, 2.24) is 0 Å². The van der Waals surface area contributed by atoms with Gasteiger partial charge in [-0.25, -0.2) is 0 Å². The predicted molar refractivity (Wildman–Crippen MR) is 60.9 cm³/mol. The van der Waals surface area contributed by atoms with Gasteiger partial charge >= 0.3 is 0 Å². The minimum atomic E-state index is -0.612. The summed E-state index contributed by atoms with van der Waals surface area (Å²) in [5, 5.41) is 0. The molecule has 0 aromatic heterocycles. The van der Waals surface area contributed by atoms with E-state index in [1.54, 1.807) is 0 Å². The van der Waals surface area contributed by atoms with Crippen LogP contribution in [0.15, 0.2) is 0 Å². The van der Waals surface area contributed by atoms with Crippen molar-refractivity contribution in [2.45, 2.75) is 12.8 Å².